The minimum Gasteiger partial charge on any atom is -0.493 e. The van der Waals surface area contributed by atoms with Crippen molar-refractivity contribution in [3.8, 4) is 40.6 Å². The molecule has 0 bridgehead atoms. The molecule has 1 heterocycles. The van der Waals surface area contributed by atoms with Crippen LogP contribution in [0.5, 0.6) is 34.5 Å². The van der Waals surface area contributed by atoms with Crippen LogP contribution in [0, 0.1) is 11.3 Å². The van der Waals surface area contributed by atoms with Crippen LogP contribution in [0.15, 0.2) is 24.3 Å². The Bertz CT molecular complexity index is 904. The van der Waals surface area contributed by atoms with Gasteiger partial charge in [0, 0.05) is 0 Å². The van der Waals surface area contributed by atoms with Gasteiger partial charge in [-0.25, -0.2) is 0 Å². The molecule has 0 aromatic heterocycles. The average molecular weight is 369 g/mol. The number of hydrogen-bond acceptors (Lipinski definition) is 7. The largest absolute Gasteiger partial charge is 0.493 e. The Morgan fingerprint density at radius 1 is 0.926 bits per heavy atom. The number of hydrogen-bond donors (Lipinski definition) is 0. The highest BCUT2D eigenvalue weighted by Gasteiger charge is 2.20. The summed E-state index contributed by atoms with van der Waals surface area (Å²) in [6.45, 7) is 0.136. The van der Waals surface area contributed by atoms with Crippen LogP contribution in [-0.2, 0) is 0 Å². The van der Waals surface area contributed by atoms with Crippen LogP contribution in [0.25, 0.3) is 11.6 Å². The zero-order valence-electron chi connectivity index (χ0n) is 15.5. The Morgan fingerprint density at radius 2 is 1.59 bits per heavy atom. The third kappa shape index (κ3) is 3.42. The highest BCUT2D eigenvalue weighted by molar-refractivity contribution is 5.91. The van der Waals surface area contributed by atoms with Crippen LogP contribution in [0.1, 0.15) is 11.1 Å². The maximum atomic E-state index is 9.70. The van der Waals surface area contributed by atoms with Crippen molar-refractivity contribution in [3.63, 3.8) is 0 Å². The molecule has 140 valence electrons. The quantitative estimate of drug-likeness (QED) is 0.569. The lowest BCUT2D eigenvalue weighted by atomic mass is 10.0. The third-order valence-corrected chi connectivity index (χ3v) is 4.09. The van der Waals surface area contributed by atoms with E-state index in [1.165, 1.54) is 21.3 Å². The molecule has 27 heavy (non-hydrogen) atoms. The SMILES string of the molecule is COc1cc(/C(C#N)=C\c2cc(OC)c3c(c2)OCO3)cc(OC)c1OC. The van der Waals surface area contributed by atoms with Gasteiger partial charge in [-0.2, -0.15) is 5.26 Å². The third-order valence-electron chi connectivity index (χ3n) is 4.09. The van der Waals surface area contributed by atoms with Gasteiger partial charge >= 0.3 is 0 Å². The summed E-state index contributed by atoms with van der Waals surface area (Å²) in [5.74, 6) is 3.07. The van der Waals surface area contributed by atoms with E-state index in [-0.39, 0.29) is 6.79 Å². The Kier molecular flexibility index (Phi) is 5.27. The van der Waals surface area contributed by atoms with E-state index < -0.39 is 0 Å². The van der Waals surface area contributed by atoms with E-state index in [9.17, 15) is 5.26 Å². The number of allylic oxidation sites excluding steroid dienone is 1. The van der Waals surface area contributed by atoms with E-state index in [1.807, 2.05) is 0 Å². The van der Waals surface area contributed by atoms with Gasteiger partial charge in [0.1, 0.15) is 0 Å². The van der Waals surface area contributed by atoms with E-state index >= 15 is 0 Å². The first kappa shape index (κ1) is 18.3. The molecule has 7 heteroatoms. The first-order valence-corrected chi connectivity index (χ1v) is 8.05. The summed E-state index contributed by atoms with van der Waals surface area (Å²) in [7, 11) is 6.13. The first-order valence-electron chi connectivity index (χ1n) is 8.05. The van der Waals surface area contributed by atoms with E-state index in [0.717, 1.165) is 5.56 Å². The lowest BCUT2D eigenvalue weighted by Gasteiger charge is -2.14. The molecule has 0 aliphatic carbocycles. The zero-order valence-corrected chi connectivity index (χ0v) is 15.5. The summed E-state index contributed by atoms with van der Waals surface area (Å²) in [6, 6.07) is 9.23. The minimum absolute atomic E-state index is 0.136. The molecule has 1 aliphatic rings. The molecule has 2 aromatic carbocycles. The number of rotatable bonds is 6. The van der Waals surface area contributed by atoms with Crippen molar-refractivity contribution in [3.05, 3.63) is 35.4 Å². The van der Waals surface area contributed by atoms with Crippen molar-refractivity contribution >= 4 is 11.6 Å². The van der Waals surface area contributed by atoms with Crippen LogP contribution in [0.4, 0.5) is 0 Å². The topological polar surface area (TPSA) is 79.2 Å². The molecule has 0 spiro atoms. The summed E-state index contributed by atoms with van der Waals surface area (Å²) >= 11 is 0. The molecule has 0 unspecified atom stereocenters. The van der Waals surface area contributed by atoms with Gasteiger partial charge in [-0.3, -0.25) is 0 Å². The van der Waals surface area contributed by atoms with E-state index in [1.54, 1.807) is 37.5 Å². The summed E-state index contributed by atoms with van der Waals surface area (Å²) < 4.78 is 32.2. The van der Waals surface area contributed by atoms with Crippen molar-refractivity contribution in [2.75, 3.05) is 35.2 Å². The molecular weight excluding hydrogens is 350 g/mol. The molecule has 0 N–H and O–H groups in total. The number of methoxy groups -OCH3 is 4. The lowest BCUT2D eigenvalue weighted by Crippen LogP contribution is -1.96. The van der Waals surface area contributed by atoms with Gasteiger partial charge in [0.2, 0.25) is 18.3 Å². The molecule has 3 rings (SSSR count). The van der Waals surface area contributed by atoms with Gasteiger partial charge in [0.25, 0.3) is 0 Å². The number of nitrogens with zero attached hydrogens (tertiary/aromatic N) is 1. The average Bonchev–Trinajstić information content (AvgIpc) is 3.18. The fourth-order valence-corrected chi connectivity index (χ4v) is 2.82. The van der Waals surface area contributed by atoms with Crippen LogP contribution >= 0.6 is 0 Å². The standard InChI is InChI=1S/C20H19NO6/c1-22-15-6-12(7-18-20(15)27-11-26-18)5-14(10-21)13-8-16(23-2)19(25-4)17(9-13)24-3/h5-9H,11H2,1-4H3/b14-5-. The van der Waals surface area contributed by atoms with Crippen molar-refractivity contribution in [1.29, 1.82) is 5.26 Å². The summed E-state index contributed by atoms with van der Waals surface area (Å²) in [4.78, 5) is 0. The van der Waals surface area contributed by atoms with Crippen LogP contribution < -0.4 is 28.4 Å². The minimum atomic E-state index is 0.136. The van der Waals surface area contributed by atoms with Gasteiger partial charge < -0.3 is 28.4 Å². The maximum absolute atomic E-state index is 9.70. The number of benzene rings is 2. The second-order valence-electron chi connectivity index (χ2n) is 5.54. The van der Waals surface area contributed by atoms with Gasteiger partial charge in [0.15, 0.2) is 23.0 Å². The molecule has 0 saturated carbocycles. The molecule has 0 fully saturated rings. The summed E-state index contributed by atoms with van der Waals surface area (Å²) in [5.41, 5.74) is 1.78. The van der Waals surface area contributed by atoms with Crippen LogP contribution in [-0.4, -0.2) is 35.2 Å². The fraction of sp³-hybridized carbons (Fsp3) is 0.250. The van der Waals surface area contributed by atoms with E-state index in [2.05, 4.69) is 6.07 Å². The Hall–Kier alpha value is -3.53. The van der Waals surface area contributed by atoms with Crippen molar-refractivity contribution in [2.24, 2.45) is 0 Å². The monoisotopic (exact) mass is 369 g/mol. The van der Waals surface area contributed by atoms with E-state index in [0.29, 0.717) is 45.6 Å². The molecular formula is C20H19NO6. The van der Waals surface area contributed by atoms with Crippen LogP contribution in [0.2, 0.25) is 0 Å². The summed E-state index contributed by atoms with van der Waals surface area (Å²) in [5, 5.41) is 9.70. The molecule has 0 radical (unpaired) electrons. The van der Waals surface area contributed by atoms with Crippen LogP contribution in [0.3, 0.4) is 0 Å². The van der Waals surface area contributed by atoms with Gasteiger partial charge in [-0.15, -0.1) is 0 Å². The molecule has 0 amide bonds. The first-order chi connectivity index (χ1) is 13.1. The Balaban J connectivity index is 2.09. The summed E-state index contributed by atoms with van der Waals surface area (Å²) in [6.07, 6.45) is 1.73. The normalized spacial score (nSPS) is 12.3. The van der Waals surface area contributed by atoms with E-state index in [4.69, 9.17) is 28.4 Å². The fourth-order valence-electron chi connectivity index (χ4n) is 2.82. The number of nitriles is 1. The second kappa shape index (κ2) is 7.79. The lowest BCUT2D eigenvalue weighted by molar-refractivity contribution is 0.171. The molecule has 2 aromatic rings. The number of ether oxygens (including phenoxy) is 6. The highest BCUT2D eigenvalue weighted by atomic mass is 16.7. The second-order valence-corrected chi connectivity index (χ2v) is 5.54. The maximum Gasteiger partial charge on any atom is 0.231 e. The van der Waals surface area contributed by atoms with Crippen molar-refractivity contribution < 1.29 is 28.4 Å². The van der Waals surface area contributed by atoms with Gasteiger partial charge in [-0.05, 0) is 41.5 Å². The van der Waals surface area contributed by atoms with Crippen molar-refractivity contribution in [2.45, 2.75) is 0 Å². The molecule has 1 aliphatic heterocycles. The van der Waals surface area contributed by atoms with Crippen molar-refractivity contribution in [1.82, 2.24) is 0 Å². The predicted molar refractivity (Wildman–Crippen MR) is 98.7 cm³/mol. The molecule has 7 nitrogen and oxygen atoms in total. The highest BCUT2D eigenvalue weighted by Crippen LogP contribution is 2.43. The predicted octanol–water partition coefficient (Wildman–Crippen LogP) is 3.51. The number of fused-ring (bicyclic) bond motifs is 1. The molecule has 0 atom stereocenters. The zero-order chi connectivity index (χ0) is 19.4. The smallest absolute Gasteiger partial charge is 0.231 e. The van der Waals surface area contributed by atoms with Gasteiger partial charge in [-0.1, -0.05) is 0 Å². The van der Waals surface area contributed by atoms with Gasteiger partial charge in [0.05, 0.1) is 40.1 Å². The molecule has 0 saturated heterocycles. The Labute approximate surface area is 157 Å². The Morgan fingerprint density at radius 3 is 2.15 bits per heavy atom.